The van der Waals surface area contributed by atoms with Gasteiger partial charge < -0.3 is 11.1 Å². The van der Waals surface area contributed by atoms with Gasteiger partial charge in [-0.2, -0.15) is 0 Å². The topological polar surface area (TPSA) is 63.8 Å². The van der Waals surface area contributed by atoms with Crippen LogP contribution in [-0.2, 0) is 0 Å². The summed E-state index contributed by atoms with van der Waals surface area (Å²) < 4.78 is 0. The highest BCUT2D eigenvalue weighted by Gasteiger charge is 1.96. The molecule has 0 bridgehead atoms. The first kappa shape index (κ1) is 13.0. The van der Waals surface area contributed by atoms with Crippen LogP contribution in [0.15, 0.2) is 36.5 Å². The Morgan fingerprint density at radius 1 is 1.06 bits per heavy atom. The molecule has 0 spiro atoms. The van der Waals surface area contributed by atoms with E-state index in [1.807, 2.05) is 51.1 Å². The standard InChI is InChI=1S/C11H12N4.C2H6/c1-8-13-7-6-11(14-8)15-10-4-2-9(12)3-5-10;1-2/h2-7H,12H2,1H3,(H,13,14,15);1-2H3. The normalized spacial score (nSPS) is 9.12. The third-order valence-electron chi connectivity index (χ3n) is 1.96. The molecular formula is C13H18N4. The van der Waals surface area contributed by atoms with Crippen molar-refractivity contribution in [3.8, 4) is 0 Å². The smallest absolute Gasteiger partial charge is 0.134 e. The van der Waals surface area contributed by atoms with Gasteiger partial charge in [0.15, 0.2) is 0 Å². The van der Waals surface area contributed by atoms with Crippen molar-refractivity contribution >= 4 is 17.2 Å². The zero-order valence-corrected chi connectivity index (χ0v) is 10.4. The number of nitrogen functional groups attached to an aromatic ring is 1. The lowest BCUT2D eigenvalue weighted by Gasteiger charge is -2.05. The number of nitrogens with one attached hydrogen (secondary N) is 1. The molecule has 0 aliphatic heterocycles. The Bertz CT molecular complexity index is 451. The number of aryl methyl sites for hydroxylation is 1. The zero-order valence-electron chi connectivity index (χ0n) is 10.4. The first-order valence-electron chi connectivity index (χ1n) is 5.66. The number of hydrogen-bond donors (Lipinski definition) is 2. The quantitative estimate of drug-likeness (QED) is 0.778. The number of hydrogen-bond acceptors (Lipinski definition) is 4. The fraction of sp³-hybridized carbons (Fsp3) is 0.231. The SMILES string of the molecule is CC.Cc1nccc(Nc2ccc(N)cc2)n1. The highest BCUT2D eigenvalue weighted by molar-refractivity contribution is 5.58. The molecule has 1 heterocycles. The van der Waals surface area contributed by atoms with Gasteiger partial charge in [0.1, 0.15) is 11.6 Å². The maximum absolute atomic E-state index is 5.59. The van der Waals surface area contributed by atoms with Crippen molar-refractivity contribution in [2.75, 3.05) is 11.1 Å². The zero-order chi connectivity index (χ0) is 12.7. The molecule has 3 N–H and O–H groups in total. The van der Waals surface area contributed by atoms with Gasteiger partial charge in [0.2, 0.25) is 0 Å². The van der Waals surface area contributed by atoms with Crippen molar-refractivity contribution in [2.24, 2.45) is 0 Å². The van der Waals surface area contributed by atoms with Crippen LogP contribution in [0, 0.1) is 6.92 Å². The molecule has 0 saturated carbocycles. The second-order valence-electron chi connectivity index (χ2n) is 3.24. The predicted octanol–water partition coefficient (Wildman–Crippen LogP) is 3.14. The maximum atomic E-state index is 5.59. The molecule has 4 nitrogen and oxygen atoms in total. The Labute approximate surface area is 102 Å². The lowest BCUT2D eigenvalue weighted by molar-refractivity contribution is 1.06. The minimum atomic E-state index is 0.746. The molecule has 0 radical (unpaired) electrons. The van der Waals surface area contributed by atoms with Gasteiger partial charge in [-0.3, -0.25) is 0 Å². The van der Waals surface area contributed by atoms with Gasteiger partial charge in [-0.1, -0.05) is 13.8 Å². The maximum Gasteiger partial charge on any atom is 0.134 e. The van der Waals surface area contributed by atoms with Crippen molar-refractivity contribution in [1.82, 2.24) is 9.97 Å². The summed E-state index contributed by atoms with van der Waals surface area (Å²) in [5, 5.41) is 3.17. The minimum absolute atomic E-state index is 0.746. The highest BCUT2D eigenvalue weighted by Crippen LogP contribution is 2.15. The Balaban J connectivity index is 0.000000686. The Morgan fingerprint density at radius 2 is 1.71 bits per heavy atom. The van der Waals surface area contributed by atoms with E-state index in [9.17, 15) is 0 Å². The third kappa shape index (κ3) is 4.10. The van der Waals surface area contributed by atoms with E-state index in [1.165, 1.54) is 0 Å². The van der Waals surface area contributed by atoms with Crippen molar-refractivity contribution < 1.29 is 0 Å². The molecule has 90 valence electrons. The van der Waals surface area contributed by atoms with Crippen LogP contribution in [0.5, 0.6) is 0 Å². The van der Waals surface area contributed by atoms with Gasteiger partial charge >= 0.3 is 0 Å². The van der Waals surface area contributed by atoms with Gasteiger partial charge in [-0.15, -0.1) is 0 Å². The summed E-state index contributed by atoms with van der Waals surface area (Å²) >= 11 is 0. The average Bonchev–Trinajstić information content (AvgIpc) is 2.35. The van der Waals surface area contributed by atoms with E-state index in [0.29, 0.717) is 0 Å². The number of benzene rings is 1. The molecule has 2 aromatic rings. The molecule has 4 heteroatoms. The monoisotopic (exact) mass is 230 g/mol. The molecule has 1 aromatic carbocycles. The van der Waals surface area contributed by atoms with Crippen LogP contribution >= 0.6 is 0 Å². The van der Waals surface area contributed by atoms with Gasteiger partial charge in [-0.05, 0) is 37.3 Å². The fourth-order valence-electron chi connectivity index (χ4n) is 1.24. The van der Waals surface area contributed by atoms with E-state index in [2.05, 4.69) is 15.3 Å². The molecule has 0 aliphatic carbocycles. The highest BCUT2D eigenvalue weighted by atomic mass is 15.0. The number of nitrogens with zero attached hydrogens (tertiary/aromatic N) is 2. The van der Waals surface area contributed by atoms with Crippen LogP contribution in [0.3, 0.4) is 0 Å². The summed E-state index contributed by atoms with van der Waals surface area (Å²) in [5.74, 6) is 1.53. The largest absolute Gasteiger partial charge is 0.399 e. The molecule has 0 fully saturated rings. The van der Waals surface area contributed by atoms with Crippen LogP contribution in [0.2, 0.25) is 0 Å². The van der Waals surface area contributed by atoms with Crippen LogP contribution in [0.1, 0.15) is 19.7 Å². The third-order valence-corrected chi connectivity index (χ3v) is 1.96. The molecule has 0 amide bonds. The van der Waals surface area contributed by atoms with Gasteiger partial charge in [-0.25, -0.2) is 9.97 Å². The Morgan fingerprint density at radius 3 is 2.29 bits per heavy atom. The number of rotatable bonds is 2. The van der Waals surface area contributed by atoms with Crippen LogP contribution < -0.4 is 11.1 Å². The predicted molar refractivity (Wildman–Crippen MR) is 72.3 cm³/mol. The molecule has 0 atom stereocenters. The molecule has 0 unspecified atom stereocenters. The van der Waals surface area contributed by atoms with E-state index in [4.69, 9.17) is 5.73 Å². The first-order chi connectivity index (χ1) is 8.24. The Kier molecular flexibility index (Phi) is 4.94. The van der Waals surface area contributed by atoms with E-state index in [1.54, 1.807) is 6.20 Å². The van der Waals surface area contributed by atoms with Crippen molar-refractivity contribution in [3.05, 3.63) is 42.4 Å². The van der Waals surface area contributed by atoms with E-state index < -0.39 is 0 Å². The van der Waals surface area contributed by atoms with Gasteiger partial charge in [0.25, 0.3) is 0 Å². The molecule has 0 aliphatic rings. The molecule has 2 rings (SSSR count). The second-order valence-corrected chi connectivity index (χ2v) is 3.24. The van der Waals surface area contributed by atoms with E-state index in [-0.39, 0.29) is 0 Å². The second kappa shape index (κ2) is 6.48. The van der Waals surface area contributed by atoms with Crippen molar-refractivity contribution in [3.63, 3.8) is 0 Å². The lowest BCUT2D eigenvalue weighted by Crippen LogP contribution is -1.96. The summed E-state index contributed by atoms with van der Waals surface area (Å²) in [6.45, 7) is 5.86. The van der Waals surface area contributed by atoms with Crippen LogP contribution in [0.25, 0.3) is 0 Å². The molecule has 17 heavy (non-hydrogen) atoms. The summed E-state index contributed by atoms with van der Waals surface area (Å²) in [5.41, 5.74) is 7.30. The van der Waals surface area contributed by atoms with Crippen molar-refractivity contribution in [1.29, 1.82) is 0 Å². The number of nitrogens with two attached hydrogens (primary N) is 1. The average molecular weight is 230 g/mol. The number of aromatic nitrogens is 2. The Hall–Kier alpha value is -2.10. The number of anilines is 3. The summed E-state index contributed by atoms with van der Waals surface area (Å²) in [6.07, 6.45) is 1.72. The summed E-state index contributed by atoms with van der Waals surface area (Å²) in [6, 6.07) is 9.33. The molecule has 0 saturated heterocycles. The lowest BCUT2D eigenvalue weighted by atomic mass is 10.3. The summed E-state index contributed by atoms with van der Waals surface area (Å²) in [4.78, 5) is 8.26. The first-order valence-corrected chi connectivity index (χ1v) is 5.66. The van der Waals surface area contributed by atoms with Crippen molar-refractivity contribution in [2.45, 2.75) is 20.8 Å². The summed E-state index contributed by atoms with van der Waals surface area (Å²) in [7, 11) is 0. The fourth-order valence-corrected chi connectivity index (χ4v) is 1.24. The van der Waals surface area contributed by atoms with Gasteiger partial charge in [0, 0.05) is 17.6 Å². The molecule has 1 aromatic heterocycles. The van der Waals surface area contributed by atoms with E-state index >= 15 is 0 Å². The molecular weight excluding hydrogens is 212 g/mol. The van der Waals surface area contributed by atoms with Crippen LogP contribution in [0.4, 0.5) is 17.2 Å². The van der Waals surface area contributed by atoms with Crippen LogP contribution in [-0.4, -0.2) is 9.97 Å². The van der Waals surface area contributed by atoms with Gasteiger partial charge in [0.05, 0.1) is 0 Å². The van der Waals surface area contributed by atoms with E-state index in [0.717, 1.165) is 23.0 Å². The minimum Gasteiger partial charge on any atom is -0.399 e.